The van der Waals surface area contributed by atoms with E-state index in [0.717, 1.165) is 0 Å². The molecule has 0 amide bonds. The van der Waals surface area contributed by atoms with Gasteiger partial charge in [-0.2, -0.15) is 5.26 Å². The number of hydrogen-bond acceptors (Lipinski definition) is 7. The highest BCUT2D eigenvalue weighted by Crippen LogP contribution is 2.31. The number of rotatable bonds is 8. The van der Waals surface area contributed by atoms with Crippen molar-refractivity contribution in [1.82, 2.24) is 0 Å². The number of aliphatic hydroxyl groups excluding tert-OH is 1. The molecule has 0 aliphatic heterocycles. The van der Waals surface area contributed by atoms with Crippen LogP contribution in [0.15, 0.2) is 42.5 Å². The zero-order chi connectivity index (χ0) is 18.2. The topological polar surface area (TPSA) is 115 Å². The molecule has 0 heterocycles. The lowest BCUT2D eigenvalue weighted by Gasteiger charge is -2.14. The molecule has 0 bridgehead atoms. The van der Waals surface area contributed by atoms with Gasteiger partial charge in [0, 0.05) is 0 Å². The quantitative estimate of drug-likeness (QED) is 0.577. The van der Waals surface area contributed by atoms with Gasteiger partial charge in [-0.15, -0.1) is 0 Å². The average Bonchev–Trinajstić information content (AvgIpc) is 2.64. The Kier molecular flexibility index (Phi) is 6.14. The zero-order valence-electron chi connectivity index (χ0n) is 13.4. The smallest absolute Gasteiger partial charge is 0.314 e. The van der Waals surface area contributed by atoms with Crippen LogP contribution in [0.4, 0.5) is 5.69 Å². The fourth-order valence-corrected chi connectivity index (χ4v) is 1.94. The summed E-state index contributed by atoms with van der Waals surface area (Å²) in [6.07, 6.45) is -0.989. The van der Waals surface area contributed by atoms with Crippen LogP contribution in [-0.2, 0) is 0 Å². The summed E-state index contributed by atoms with van der Waals surface area (Å²) in [6, 6.07) is 12.6. The first-order chi connectivity index (χ1) is 12.0. The van der Waals surface area contributed by atoms with Gasteiger partial charge < -0.3 is 19.3 Å². The van der Waals surface area contributed by atoms with Gasteiger partial charge in [0.05, 0.1) is 29.7 Å². The first-order valence-electron chi connectivity index (χ1n) is 7.29. The molecule has 8 heteroatoms. The van der Waals surface area contributed by atoms with Crippen LogP contribution >= 0.6 is 0 Å². The summed E-state index contributed by atoms with van der Waals surface area (Å²) in [5, 5.41) is 29.7. The van der Waals surface area contributed by atoms with E-state index in [-0.39, 0.29) is 24.7 Å². The van der Waals surface area contributed by atoms with Crippen molar-refractivity contribution < 1.29 is 24.2 Å². The van der Waals surface area contributed by atoms with E-state index in [0.29, 0.717) is 17.1 Å². The normalized spacial score (nSPS) is 11.2. The highest BCUT2D eigenvalue weighted by Gasteiger charge is 2.18. The fraction of sp³-hybridized carbons (Fsp3) is 0.235. The van der Waals surface area contributed by atoms with Gasteiger partial charge in [0.25, 0.3) is 0 Å². The van der Waals surface area contributed by atoms with E-state index < -0.39 is 11.0 Å². The fourth-order valence-electron chi connectivity index (χ4n) is 1.94. The molecule has 1 atom stereocenters. The summed E-state index contributed by atoms with van der Waals surface area (Å²) in [5.41, 5.74) is 0.252. The number of aliphatic hydroxyl groups is 1. The van der Waals surface area contributed by atoms with Crippen molar-refractivity contribution in [1.29, 1.82) is 5.26 Å². The average molecular weight is 344 g/mol. The molecule has 0 unspecified atom stereocenters. The zero-order valence-corrected chi connectivity index (χ0v) is 13.4. The van der Waals surface area contributed by atoms with Crippen molar-refractivity contribution in [2.45, 2.75) is 6.10 Å². The lowest BCUT2D eigenvalue weighted by molar-refractivity contribution is -0.386. The molecule has 0 aliphatic carbocycles. The summed E-state index contributed by atoms with van der Waals surface area (Å²) in [6.45, 7) is -0.237. The third-order valence-corrected chi connectivity index (χ3v) is 3.22. The second kappa shape index (κ2) is 8.52. The van der Waals surface area contributed by atoms with Crippen molar-refractivity contribution in [3.63, 3.8) is 0 Å². The van der Waals surface area contributed by atoms with Gasteiger partial charge in [-0.05, 0) is 36.4 Å². The van der Waals surface area contributed by atoms with Crippen molar-refractivity contribution in [3.8, 4) is 23.3 Å². The van der Waals surface area contributed by atoms with Gasteiger partial charge in [-0.1, -0.05) is 0 Å². The van der Waals surface area contributed by atoms with Crippen molar-refractivity contribution in [2.75, 3.05) is 20.3 Å². The number of nitro benzene ring substituents is 1. The van der Waals surface area contributed by atoms with E-state index in [2.05, 4.69) is 0 Å². The molecule has 0 aromatic heterocycles. The molecule has 0 fully saturated rings. The van der Waals surface area contributed by atoms with Gasteiger partial charge in [-0.25, -0.2) is 0 Å². The summed E-state index contributed by atoms with van der Waals surface area (Å²) in [7, 11) is 1.41. The van der Waals surface area contributed by atoms with Gasteiger partial charge >= 0.3 is 5.69 Å². The predicted molar refractivity (Wildman–Crippen MR) is 87.8 cm³/mol. The van der Waals surface area contributed by atoms with Crippen molar-refractivity contribution in [3.05, 3.63) is 58.1 Å². The Morgan fingerprint density at radius 3 is 2.40 bits per heavy atom. The molecule has 2 aromatic rings. The first kappa shape index (κ1) is 18.0. The van der Waals surface area contributed by atoms with Crippen molar-refractivity contribution in [2.24, 2.45) is 0 Å². The van der Waals surface area contributed by atoms with Crippen LogP contribution < -0.4 is 14.2 Å². The maximum absolute atomic E-state index is 11.1. The minimum atomic E-state index is -0.989. The maximum Gasteiger partial charge on any atom is 0.314 e. The molecule has 2 aromatic carbocycles. The van der Waals surface area contributed by atoms with Crippen molar-refractivity contribution >= 4 is 5.69 Å². The van der Waals surface area contributed by atoms with E-state index in [1.807, 2.05) is 6.07 Å². The summed E-state index contributed by atoms with van der Waals surface area (Å²) < 4.78 is 15.6. The number of nitrogens with zero attached hydrogens (tertiary/aromatic N) is 2. The number of nitro groups is 1. The van der Waals surface area contributed by atoms with E-state index >= 15 is 0 Å². The van der Waals surface area contributed by atoms with Crippen LogP contribution in [0.5, 0.6) is 17.2 Å². The number of methoxy groups -OCH3 is 1. The number of hydrogen-bond donors (Lipinski definition) is 1. The molecule has 0 saturated carbocycles. The Balaban J connectivity index is 1.90. The molecule has 25 heavy (non-hydrogen) atoms. The molecule has 0 spiro atoms. The Hall–Kier alpha value is -3.31. The summed E-state index contributed by atoms with van der Waals surface area (Å²) in [5.74, 6) is 0.862. The third kappa shape index (κ3) is 5.09. The van der Waals surface area contributed by atoms with Crippen LogP contribution in [0.3, 0.4) is 0 Å². The van der Waals surface area contributed by atoms with Gasteiger partial charge in [0.2, 0.25) is 0 Å². The molecule has 0 aliphatic rings. The highest BCUT2D eigenvalue weighted by atomic mass is 16.6. The Morgan fingerprint density at radius 2 is 1.80 bits per heavy atom. The number of ether oxygens (including phenoxy) is 3. The number of benzene rings is 2. The summed E-state index contributed by atoms with van der Waals surface area (Å²) in [4.78, 5) is 10.5. The maximum atomic E-state index is 11.1. The standard InChI is InChI=1S/C17H16N2O6/c1-23-15-6-7-17(16(8-15)19(21)22)25-11-13(20)10-24-14-4-2-12(9-18)3-5-14/h2-8,13,20H,10-11H2,1H3/t13-/m1/s1. The minimum Gasteiger partial charge on any atom is -0.496 e. The van der Waals surface area contributed by atoms with E-state index in [1.165, 1.54) is 25.3 Å². The predicted octanol–water partition coefficient (Wildman–Crippen LogP) is 2.29. The Labute approximate surface area is 143 Å². The first-order valence-corrected chi connectivity index (χ1v) is 7.29. The molecule has 0 radical (unpaired) electrons. The van der Waals surface area contributed by atoms with Gasteiger partial charge in [0.1, 0.15) is 30.8 Å². The minimum absolute atomic E-state index is 0.0308. The molecule has 8 nitrogen and oxygen atoms in total. The SMILES string of the molecule is COc1ccc(OC[C@H](O)COc2ccc(C#N)cc2)c([N+](=O)[O-])c1. The third-order valence-electron chi connectivity index (χ3n) is 3.22. The molecule has 2 rings (SSSR count). The van der Waals surface area contributed by atoms with E-state index in [9.17, 15) is 15.2 Å². The van der Waals surface area contributed by atoms with E-state index in [4.69, 9.17) is 19.5 Å². The molecule has 1 N–H and O–H groups in total. The Morgan fingerprint density at radius 1 is 1.16 bits per heavy atom. The van der Waals surface area contributed by atoms with Crippen LogP contribution in [0.1, 0.15) is 5.56 Å². The van der Waals surface area contributed by atoms with Gasteiger partial charge in [0.15, 0.2) is 5.75 Å². The molecular formula is C17H16N2O6. The van der Waals surface area contributed by atoms with E-state index in [1.54, 1.807) is 24.3 Å². The van der Waals surface area contributed by atoms with Crippen LogP contribution in [-0.4, -0.2) is 36.5 Å². The largest absolute Gasteiger partial charge is 0.496 e. The van der Waals surface area contributed by atoms with Gasteiger partial charge in [-0.3, -0.25) is 10.1 Å². The lowest BCUT2D eigenvalue weighted by Crippen LogP contribution is -2.25. The van der Waals surface area contributed by atoms with Crippen LogP contribution in [0.25, 0.3) is 0 Å². The number of nitriles is 1. The Bertz CT molecular complexity index is 770. The second-order valence-electron chi connectivity index (χ2n) is 5.00. The lowest BCUT2D eigenvalue weighted by atomic mass is 10.2. The highest BCUT2D eigenvalue weighted by molar-refractivity contribution is 5.50. The van der Waals surface area contributed by atoms with Crippen LogP contribution in [0, 0.1) is 21.4 Å². The molecule has 0 saturated heterocycles. The molecule has 130 valence electrons. The van der Waals surface area contributed by atoms with Crippen LogP contribution in [0.2, 0.25) is 0 Å². The second-order valence-corrected chi connectivity index (χ2v) is 5.00. The molecular weight excluding hydrogens is 328 g/mol. The monoisotopic (exact) mass is 344 g/mol. The summed E-state index contributed by atoms with van der Waals surface area (Å²) >= 11 is 0.